The molecule has 0 aliphatic heterocycles. The maximum absolute atomic E-state index is 13.2. The van der Waals surface area contributed by atoms with Crippen molar-refractivity contribution < 1.29 is 23.1 Å². The Bertz CT molecular complexity index is 1040. The number of benzene rings is 2. The van der Waals surface area contributed by atoms with E-state index in [1.54, 1.807) is 19.1 Å². The van der Waals surface area contributed by atoms with Crippen LogP contribution in [-0.2, 0) is 0 Å². The number of fused-ring (bicyclic) bond motifs is 1. The van der Waals surface area contributed by atoms with E-state index in [2.05, 4.69) is 4.98 Å². The number of nitrogens with zero attached hydrogens (tertiary/aromatic N) is 1. The summed E-state index contributed by atoms with van der Waals surface area (Å²) in [5.41, 5.74) is 8.78. The summed E-state index contributed by atoms with van der Waals surface area (Å²) >= 11 is 0. The number of carbonyl (C=O) groups excluding carboxylic acids is 1. The molecular weight excluding hydrogens is 387 g/mol. The number of ether oxygens (including phenoxy) is 2. The molecule has 1 heterocycles. The first kappa shape index (κ1) is 21.8. The second-order valence-corrected chi connectivity index (χ2v) is 7.35. The Labute approximate surface area is 175 Å². The predicted molar refractivity (Wildman–Crippen MR) is 113 cm³/mol. The average molecular weight is 414 g/mol. The highest BCUT2D eigenvalue weighted by Crippen LogP contribution is 2.42. The highest BCUT2D eigenvalue weighted by molar-refractivity contribution is 6.05. The lowest BCUT2D eigenvalue weighted by molar-refractivity contribution is 0.101. The Morgan fingerprint density at radius 3 is 2.47 bits per heavy atom. The highest BCUT2D eigenvalue weighted by Gasteiger charge is 2.26. The van der Waals surface area contributed by atoms with Gasteiger partial charge in [-0.3, -0.25) is 4.79 Å². The first-order valence-corrected chi connectivity index (χ1v) is 9.99. The molecule has 3 rings (SSSR count). The number of hydrogen-bond acceptors (Lipinski definition) is 6. The first-order chi connectivity index (χ1) is 14.3. The molecule has 2 aromatic carbocycles. The van der Waals surface area contributed by atoms with E-state index >= 15 is 0 Å². The van der Waals surface area contributed by atoms with Crippen molar-refractivity contribution in [3.63, 3.8) is 0 Å². The maximum Gasteiger partial charge on any atom is 0.207 e. The minimum Gasteiger partial charge on any atom is -0.487 e. The molecular formula is C23H27FN2O4. The van der Waals surface area contributed by atoms with E-state index in [4.69, 9.17) is 19.6 Å². The number of aryl methyl sites for hydroxylation is 2. The Morgan fingerprint density at radius 1 is 1.17 bits per heavy atom. The van der Waals surface area contributed by atoms with Crippen LogP contribution in [0.3, 0.4) is 0 Å². The fraction of sp³-hybridized carbons (Fsp3) is 0.391. The van der Waals surface area contributed by atoms with Gasteiger partial charge in [-0.2, -0.15) is 0 Å². The third-order valence-corrected chi connectivity index (χ3v) is 5.06. The molecule has 3 aromatic rings. The molecule has 0 aliphatic carbocycles. The van der Waals surface area contributed by atoms with Crippen LogP contribution in [0, 0.1) is 19.7 Å². The van der Waals surface area contributed by atoms with E-state index in [1.807, 2.05) is 13.8 Å². The third kappa shape index (κ3) is 4.46. The molecule has 0 radical (unpaired) electrons. The van der Waals surface area contributed by atoms with E-state index in [0.29, 0.717) is 59.2 Å². The summed E-state index contributed by atoms with van der Waals surface area (Å²) in [6.07, 6.45) is 0.680. The van der Waals surface area contributed by atoms with Gasteiger partial charge in [0.05, 0.1) is 12.2 Å². The van der Waals surface area contributed by atoms with Crippen molar-refractivity contribution in [3.05, 3.63) is 52.7 Å². The van der Waals surface area contributed by atoms with Crippen molar-refractivity contribution in [1.29, 1.82) is 0 Å². The maximum atomic E-state index is 13.2. The number of halogens is 1. The molecule has 0 fully saturated rings. The van der Waals surface area contributed by atoms with Gasteiger partial charge in [0.1, 0.15) is 17.9 Å². The van der Waals surface area contributed by atoms with Crippen LogP contribution in [0.4, 0.5) is 4.39 Å². The second kappa shape index (κ2) is 9.26. The number of aromatic nitrogens is 1. The van der Waals surface area contributed by atoms with Gasteiger partial charge in [0.25, 0.3) is 0 Å². The second-order valence-electron chi connectivity index (χ2n) is 7.35. The highest BCUT2D eigenvalue weighted by atomic mass is 19.1. The van der Waals surface area contributed by atoms with Crippen LogP contribution in [0.2, 0.25) is 0 Å². The van der Waals surface area contributed by atoms with Gasteiger partial charge < -0.3 is 19.6 Å². The molecule has 0 saturated heterocycles. The van der Waals surface area contributed by atoms with Gasteiger partial charge in [0.15, 0.2) is 17.4 Å². The molecule has 0 bridgehead atoms. The van der Waals surface area contributed by atoms with E-state index in [0.717, 1.165) is 5.56 Å². The van der Waals surface area contributed by atoms with Gasteiger partial charge in [-0.1, -0.05) is 19.1 Å². The van der Waals surface area contributed by atoms with Gasteiger partial charge in [-0.05, 0) is 49.4 Å². The summed E-state index contributed by atoms with van der Waals surface area (Å²) in [4.78, 5) is 16.8. The van der Waals surface area contributed by atoms with Gasteiger partial charge in [0, 0.05) is 13.5 Å². The molecule has 0 amide bonds. The van der Waals surface area contributed by atoms with Crippen LogP contribution >= 0.6 is 0 Å². The summed E-state index contributed by atoms with van der Waals surface area (Å²) in [5.74, 6) is 0.923. The number of ketones is 1. The van der Waals surface area contributed by atoms with Crippen LogP contribution in [-0.4, -0.2) is 30.5 Å². The van der Waals surface area contributed by atoms with Crippen molar-refractivity contribution >= 4 is 16.9 Å². The summed E-state index contributed by atoms with van der Waals surface area (Å²) in [5, 5.41) is 0. The Hall–Kier alpha value is -2.93. The van der Waals surface area contributed by atoms with E-state index < -0.39 is 0 Å². The normalized spacial score (nSPS) is 12.2. The SMILES string of the molecule is CC(=O)c1c(OCCN)c(OCCC(C)c2ccc(F)cc2)c2oc(C)nc2c1C. The quantitative estimate of drug-likeness (QED) is 0.511. The number of hydrogen-bond donors (Lipinski definition) is 1. The third-order valence-electron chi connectivity index (χ3n) is 5.06. The number of carbonyl (C=O) groups is 1. The lowest BCUT2D eigenvalue weighted by atomic mass is 9.98. The Kier molecular flexibility index (Phi) is 6.72. The van der Waals surface area contributed by atoms with Crippen LogP contribution in [0.15, 0.2) is 28.7 Å². The number of oxazole rings is 1. The van der Waals surface area contributed by atoms with Gasteiger partial charge in [0.2, 0.25) is 11.3 Å². The smallest absolute Gasteiger partial charge is 0.207 e. The molecule has 160 valence electrons. The Morgan fingerprint density at radius 2 is 1.83 bits per heavy atom. The molecule has 0 spiro atoms. The zero-order chi connectivity index (χ0) is 21.8. The molecule has 30 heavy (non-hydrogen) atoms. The molecule has 2 N–H and O–H groups in total. The molecule has 6 nitrogen and oxygen atoms in total. The number of Topliss-reactive ketones (excluding diaryl/α,β-unsaturated/α-hetero) is 1. The van der Waals surface area contributed by atoms with Crippen LogP contribution in [0.25, 0.3) is 11.1 Å². The van der Waals surface area contributed by atoms with Crippen molar-refractivity contribution in [2.24, 2.45) is 5.73 Å². The summed E-state index contributed by atoms with van der Waals surface area (Å²) in [6, 6.07) is 6.44. The topological polar surface area (TPSA) is 87.6 Å². The largest absolute Gasteiger partial charge is 0.487 e. The molecule has 7 heteroatoms. The summed E-state index contributed by atoms with van der Waals surface area (Å²) in [6.45, 7) is 7.98. The molecule has 1 aromatic heterocycles. The van der Waals surface area contributed by atoms with Crippen molar-refractivity contribution in [3.8, 4) is 11.5 Å². The summed E-state index contributed by atoms with van der Waals surface area (Å²) < 4.78 is 30.9. The van der Waals surface area contributed by atoms with Crippen molar-refractivity contribution in [2.75, 3.05) is 19.8 Å². The number of nitrogens with two attached hydrogens (primary N) is 1. The standard InChI is InChI=1S/C23H27FN2O4/c1-13(17-5-7-18(24)8-6-17)9-11-28-23-21(29-12-10-25)19(15(3)27)14(2)20-22(23)30-16(4)26-20/h5-8,13H,9-12,25H2,1-4H3. The molecule has 0 aliphatic rings. The molecule has 1 atom stereocenters. The Balaban J connectivity index is 1.93. The van der Waals surface area contributed by atoms with Crippen LogP contribution in [0.1, 0.15) is 53.6 Å². The first-order valence-electron chi connectivity index (χ1n) is 9.99. The van der Waals surface area contributed by atoms with Crippen molar-refractivity contribution in [1.82, 2.24) is 4.98 Å². The molecule has 1 unspecified atom stereocenters. The van der Waals surface area contributed by atoms with Crippen LogP contribution < -0.4 is 15.2 Å². The fourth-order valence-electron chi connectivity index (χ4n) is 3.49. The zero-order valence-electron chi connectivity index (χ0n) is 17.8. The monoisotopic (exact) mass is 414 g/mol. The zero-order valence-corrected chi connectivity index (χ0v) is 17.8. The summed E-state index contributed by atoms with van der Waals surface area (Å²) in [7, 11) is 0. The van der Waals surface area contributed by atoms with E-state index in [9.17, 15) is 9.18 Å². The number of rotatable bonds is 9. The van der Waals surface area contributed by atoms with E-state index in [-0.39, 0.29) is 24.1 Å². The van der Waals surface area contributed by atoms with Crippen LogP contribution in [0.5, 0.6) is 11.5 Å². The minimum absolute atomic E-state index is 0.147. The van der Waals surface area contributed by atoms with Gasteiger partial charge in [-0.15, -0.1) is 0 Å². The fourth-order valence-corrected chi connectivity index (χ4v) is 3.49. The average Bonchev–Trinajstić information content (AvgIpc) is 3.10. The van der Waals surface area contributed by atoms with Crippen molar-refractivity contribution in [2.45, 2.75) is 40.0 Å². The van der Waals surface area contributed by atoms with Gasteiger partial charge >= 0.3 is 0 Å². The molecule has 0 saturated carbocycles. The minimum atomic E-state index is -0.261. The predicted octanol–water partition coefficient (Wildman–Crippen LogP) is 4.70. The van der Waals surface area contributed by atoms with Gasteiger partial charge in [-0.25, -0.2) is 9.37 Å². The van der Waals surface area contributed by atoms with E-state index in [1.165, 1.54) is 19.1 Å². The lowest BCUT2D eigenvalue weighted by Gasteiger charge is -2.18. The lowest BCUT2D eigenvalue weighted by Crippen LogP contribution is -2.14.